The van der Waals surface area contributed by atoms with Crippen LogP contribution in [0.15, 0.2) is 18.3 Å². The van der Waals surface area contributed by atoms with E-state index in [1.54, 1.807) is 0 Å². The Morgan fingerprint density at radius 1 is 1.47 bits per heavy atom. The summed E-state index contributed by atoms with van der Waals surface area (Å²) in [6, 6.07) is 4.39. The average Bonchev–Trinajstić information content (AvgIpc) is 2.39. The second kappa shape index (κ2) is 5.47. The molecule has 1 aromatic heterocycles. The van der Waals surface area contributed by atoms with E-state index in [-0.39, 0.29) is 6.10 Å². The van der Waals surface area contributed by atoms with Crippen LogP contribution in [0.2, 0.25) is 0 Å². The molecular weight excluding hydrogens is 214 g/mol. The van der Waals surface area contributed by atoms with Gasteiger partial charge in [-0.2, -0.15) is 0 Å². The first-order valence-corrected chi connectivity index (χ1v) is 6.27. The van der Waals surface area contributed by atoms with Gasteiger partial charge in [0.15, 0.2) is 0 Å². The molecule has 2 rings (SSSR count). The first-order valence-electron chi connectivity index (χ1n) is 6.27. The summed E-state index contributed by atoms with van der Waals surface area (Å²) in [6.07, 6.45) is 3.38. The van der Waals surface area contributed by atoms with E-state index in [4.69, 9.17) is 0 Å². The Kier molecular flexibility index (Phi) is 3.97. The molecule has 0 saturated carbocycles. The number of anilines is 1. The third-order valence-corrected chi connectivity index (χ3v) is 3.48. The third-order valence-electron chi connectivity index (χ3n) is 3.48. The lowest BCUT2D eigenvalue weighted by Crippen LogP contribution is -2.37. The number of aliphatic hydroxyl groups is 1. The number of aromatic nitrogens is 1. The van der Waals surface area contributed by atoms with Gasteiger partial charge in [-0.25, -0.2) is 4.98 Å². The van der Waals surface area contributed by atoms with Crippen LogP contribution in [0, 0.1) is 0 Å². The highest BCUT2D eigenvalue weighted by Crippen LogP contribution is 2.26. The van der Waals surface area contributed by atoms with Gasteiger partial charge in [0.2, 0.25) is 0 Å². The summed E-state index contributed by atoms with van der Waals surface area (Å²) < 4.78 is 0. The lowest BCUT2D eigenvalue weighted by atomic mass is 10.1. The van der Waals surface area contributed by atoms with Gasteiger partial charge in [-0.15, -0.1) is 0 Å². The molecule has 1 aromatic rings. The summed E-state index contributed by atoms with van der Waals surface area (Å²) in [5.41, 5.74) is 1.23. The zero-order valence-corrected chi connectivity index (χ0v) is 10.6. The molecule has 1 aliphatic heterocycles. The molecule has 4 heteroatoms. The molecule has 94 valence electrons. The van der Waals surface area contributed by atoms with E-state index >= 15 is 0 Å². The van der Waals surface area contributed by atoms with Crippen LogP contribution >= 0.6 is 0 Å². The normalized spacial score (nSPS) is 19.4. The number of hydrogen-bond donors (Lipinski definition) is 2. The molecule has 0 aliphatic carbocycles. The lowest BCUT2D eigenvalue weighted by Gasteiger charge is -2.32. The molecule has 4 nitrogen and oxygen atoms in total. The minimum atomic E-state index is -0.139. The number of hydrogen-bond acceptors (Lipinski definition) is 4. The van der Waals surface area contributed by atoms with Gasteiger partial charge in [0.1, 0.15) is 5.82 Å². The zero-order chi connectivity index (χ0) is 12.3. The van der Waals surface area contributed by atoms with E-state index in [1.807, 2.05) is 19.3 Å². The lowest BCUT2D eigenvalue weighted by molar-refractivity contribution is 0.145. The summed E-state index contributed by atoms with van der Waals surface area (Å²) in [4.78, 5) is 6.77. The molecule has 0 bridgehead atoms. The van der Waals surface area contributed by atoms with Crippen molar-refractivity contribution in [1.82, 2.24) is 10.3 Å². The summed E-state index contributed by atoms with van der Waals surface area (Å²) in [5, 5.41) is 12.8. The van der Waals surface area contributed by atoms with Gasteiger partial charge in [0.05, 0.1) is 6.10 Å². The molecule has 0 spiro atoms. The number of nitrogens with one attached hydrogen (secondary N) is 1. The topological polar surface area (TPSA) is 48.4 Å². The van der Waals surface area contributed by atoms with Crippen molar-refractivity contribution in [3.05, 3.63) is 23.9 Å². The third kappa shape index (κ3) is 2.76. The molecule has 2 heterocycles. The van der Waals surface area contributed by atoms with Crippen molar-refractivity contribution in [3.63, 3.8) is 0 Å². The second-order valence-corrected chi connectivity index (χ2v) is 4.64. The van der Waals surface area contributed by atoms with Gasteiger partial charge in [-0.1, -0.05) is 6.07 Å². The number of piperidine rings is 1. The van der Waals surface area contributed by atoms with Crippen molar-refractivity contribution in [2.75, 3.05) is 25.0 Å². The predicted octanol–water partition coefficient (Wildman–Crippen LogP) is 1.32. The fourth-order valence-electron chi connectivity index (χ4n) is 2.24. The molecule has 1 unspecified atom stereocenters. The highest BCUT2D eigenvalue weighted by atomic mass is 16.3. The summed E-state index contributed by atoms with van der Waals surface area (Å²) in [5.74, 6) is 1.06. The molecule has 0 aromatic carbocycles. The van der Waals surface area contributed by atoms with E-state index in [1.165, 1.54) is 5.56 Å². The van der Waals surface area contributed by atoms with E-state index < -0.39 is 0 Å². The fourth-order valence-corrected chi connectivity index (χ4v) is 2.24. The van der Waals surface area contributed by atoms with Crippen molar-refractivity contribution >= 4 is 5.82 Å². The van der Waals surface area contributed by atoms with Gasteiger partial charge in [-0.05, 0) is 32.9 Å². The van der Waals surface area contributed by atoms with Crippen molar-refractivity contribution in [1.29, 1.82) is 0 Å². The number of rotatable bonds is 3. The molecule has 2 N–H and O–H groups in total. The first-order chi connectivity index (χ1) is 8.22. The molecule has 1 fully saturated rings. The fraction of sp³-hybridized carbons (Fsp3) is 0.615. The van der Waals surface area contributed by atoms with Gasteiger partial charge < -0.3 is 15.3 Å². The quantitative estimate of drug-likeness (QED) is 0.829. The molecule has 0 radical (unpaired) electrons. The Labute approximate surface area is 103 Å². The molecule has 1 saturated heterocycles. The maximum atomic E-state index is 9.54. The predicted molar refractivity (Wildman–Crippen MR) is 69.2 cm³/mol. The summed E-state index contributed by atoms with van der Waals surface area (Å²) >= 11 is 0. The van der Waals surface area contributed by atoms with E-state index in [0.717, 1.165) is 31.7 Å². The van der Waals surface area contributed by atoms with Gasteiger partial charge >= 0.3 is 0 Å². The smallest absolute Gasteiger partial charge is 0.133 e. The van der Waals surface area contributed by atoms with Crippen LogP contribution in [0.25, 0.3) is 0 Å². The van der Waals surface area contributed by atoms with Crippen LogP contribution in [-0.2, 0) is 0 Å². The Balaban J connectivity index is 2.19. The zero-order valence-electron chi connectivity index (χ0n) is 10.6. The van der Waals surface area contributed by atoms with E-state index in [9.17, 15) is 5.11 Å². The highest BCUT2D eigenvalue weighted by molar-refractivity contribution is 5.48. The Morgan fingerprint density at radius 3 is 2.82 bits per heavy atom. The molecular formula is C13H21N3O. The van der Waals surface area contributed by atoms with Crippen LogP contribution in [0.4, 0.5) is 5.82 Å². The monoisotopic (exact) mass is 235 g/mol. The van der Waals surface area contributed by atoms with Crippen LogP contribution in [-0.4, -0.2) is 36.3 Å². The Morgan fingerprint density at radius 2 is 2.18 bits per heavy atom. The number of pyridine rings is 1. The average molecular weight is 235 g/mol. The summed E-state index contributed by atoms with van der Waals surface area (Å²) in [6.45, 7) is 3.92. The number of nitrogens with zero attached hydrogens (tertiary/aromatic N) is 2. The number of aliphatic hydroxyl groups excluding tert-OH is 1. The standard InChI is InChI=1S/C13H21N3O/c1-10(14-2)12-4-3-7-15-13(12)16-8-5-11(17)6-9-16/h3-4,7,10-11,14,17H,5-6,8-9H2,1-2H3. The maximum absolute atomic E-state index is 9.54. The van der Waals surface area contributed by atoms with Gasteiger partial charge in [0, 0.05) is 30.9 Å². The minimum absolute atomic E-state index is 0.139. The SMILES string of the molecule is CNC(C)c1cccnc1N1CCC(O)CC1. The largest absolute Gasteiger partial charge is 0.393 e. The molecule has 0 amide bonds. The second-order valence-electron chi connectivity index (χ2n) is 4.64. The van der Waals surface area contributed by atoms with Crippen LogP contribution in [0.3, 0.4) is 0 Å². The first kappa shape index (κ1) is 12.3. The van der Waals surface area contributed by atoms with Gasteiger partial charge in [-0.3, -0.25) is 0 Å². The van der Waals surface area contributed by atoms with Crippen LogP contribution < -0.4 is 10.2 Å². The molecule has 1 atom stereocenters. The summed E-state index contributed by atoms with van der Waals surface area (Å²) in [7, 11) is 1.96. The minimum Gasteiger partial charge on any atom is -0.393 e. The van der Waals surface area contributed by atoms with Crippen molar-refractivity contribution in [2.45, 2.75) is 31.9 Å². The Bertz CT molecular complexity index is 361. The van der Waals surface area contributed by atoms with Gasteiger partial charge in [0.25, 0.3) is 0 Å². The van der Waals surface area contributed by atoms with Crippen molar-refractivity contribution in [2.24, 2.45) is 0 Å². The Hall–Kier alpha value is -1.13. The van der Waals surface area contributed by atoms with E-state index in [0.29, 0.717) is 6.04 Å². The van der Waals surface area contributed by atoms with Crippen molar-refractivity contribution in [3.8, 4) is 0 Å². The highest BCUT2D eigenvalue weighted by Gasteiger charge is 2.21. The van der Waals surface area contributed by atoms with Crippen LogP contribution in [0.1, 0.15) is 31.4 Å². The molecule has 17 heavy (non-hydrogen) atoms. The maximum Gasteiger partial charge on any atom is 0.133 e. The van der Waals surface area contributed by atoms with E-state index in [2.05, 4.69) is 28.2 Å². The van der Waals surface area contributed by atoms with Crippen molar-refractivity contribution < 1.29 is 5.11 Å². The molecule has 1 aliphatic rings. The van der Waals surface area contributed by atoms with Crippen LogP contribution in [0.5, 0.6) is 0 Å².